The summed E-state index contributed by atoms with van der Waals surface area (Å²) < 4.78 is 28.3. The number of benzene rings is 2. The van der Waals surface area contributed by atoms with E-state index < -0.39 is 15.6 Å². The lowest BCUT2D eigenvalue weighted by Crippen LogP contribution is -2.40. The first kappa shape index (κ1) is 22.9. The van der Waals surface area contributed by atoms with Gasteiger partial charge in [-0.3, -0.25) is 4.79 Å². The maximum atomic E-state index is 13.6. The molecule has 1 aliphatic heterocycles. The fourth-order valence-corrected chi connectivity index (χ4v) is 7.07. The number of H-pyrrole nitrogens is 1. The summed E-state index contributed by atoms with van der Waals surface area (Å²) in [6.45, 7) is 5.14. The predicted octanol–water partition coefficient (Wildman–Crippen LogP) is 4.20. The Morgan fingerprint density at radius 2 is 1.92 bits per heavy atom. The molecule has 1 saturated heterocycles. The molecule has 0 spiro atoms. The van der Waals surface area contributed by atoms with E-state index in [1.807, 2.05) is 30.3 Å². The molecule has 2 aliphatic rings. The average molecular weight is 502 g/mol. The maximum Gasteiger partial charge on any atom is 0.308 e. The minimum atomic E-state index is -3.59. The van der Waals surface area contributed by atoms with Crippen LogP contribution in [0.1, 0.15) is 70.9 Å². The number of ketones is 1. The Morgan fingerprint density at radius 1 is 1.14 bits per heavy atom. The largest absolute Gasteiger partial charge is 0.357 e. The number of carbonyl (C=O) groups excluding carboxylic acids is 1. The number of fused-ring (bicyclic) bond motifs is 4. The molecule has 0 unspecified atom stereocenters. The van der Waals surface area contributed by atoms with Crippen LogP contribution in [0.4, 0.5) is 0 Å². The summed E-state index contributed by atoms with van der Waals surface area (Å²) in [5, 5.41) is 8.45. The highest BCUT2D eigenvalue weighted by Crippen LogP contribution is 2.45. The summed E-state index contributed by atoms with van der Waals surface area (Å²) >= 11 is 0. The Morgan fingerprint density at radius 3 is 2.61 bits per heavy atom. The molecule has 3 heterocycles. The summed E-state index contributed by atoms with van der Waals surface area (Å²) in [7, 11) is -3.59. The molecule has 6 rings (SSSR count). The molecular weight excluding hydrogens is 474 g/mol. The van der Waals surface area contributed by atoms with Gasteiger partial charge >= 0.3 is 10.2 Å². The number of aromatic amines is 1. The van der Waals surface area contributed by atoms with E-state index >= 15 is 0 Å². The van der Waals surface area contributed by atoms with Crippen molar-refractivity contribution in [1.29, 1.82) is 5.41 Å². The summed E-state index contributed by atoms with van der Waals surface area (Å²) in [4.78, 5) is 21.0. The second-order valence-corrected chi connectivity index (χ2v) is 12.0. The molecule has 0 amide bonds. The van der Waals surface area contributed by atoms with Crippen molar-refractivity contribution in [2.24, 2.45) is 0 Å². The summed E-state index contributed by atoms with van der Waals surface area (Å²) in [5.41, 5.74) is 5.69. The lowest BCUT2D eigenvalue weighted by molar-refractivity contribution is 0.103. The first-order valence-corrected chi connectivity index (χ1v) is 13.5. The molecule has 36 heavy (non-hydrogen) atoms. The van der Waals surface area contributed by atoms with Crippen LogP contribution >= 0.6 is 0 Å². The van der Waals surface area contributed by atoms with Crippen molar-refractivity contribution < 1.29 is 13.2 Å². The number of piperidine rings is 1. The fraction of sp³-hybridized carbons (Fsp3) is 0.296. The third kappa shape index (κ3) is 3.30. The zero-order valence-electron chi connectivity index (χ0n) is 20.2. The minimum absolute atomic E-state index is 0.0148. The van der Waals surface area contributed by atoms with Gasteiger partial charge in [-0.05, 0) is 41.5 Å². The summed E-state index contributed by atoms with van der Waals surface area (Å²) in [5.74, 6) is 0.232. The van der Waals surface area contributed by atoms with E-state index in [1.54, 1.807) is 0 Å². The molecule has 1 fully saturated rings. The Hall–Kier alpha value is -3.56. The van der Waals surface area contributed by atoms with Crippen LogP contribution in [0.15, 0.2) is 55.1 Å². The molecule has 0 atom stereocenters. The fourth-order valence-electron chi connectivity index (χ4n) is 5.75. The number of nitrogens with zero attached hydrogens (tertiary/aromatic N) is 3. The molecule has 0 bridgehead atoms. The van der Waals surface area contributed by atoms with Gasteiger partial charge in [0.15, 0.2) is 5.78 Å². The van der Waals surface area contributed by atoms with Gasteiger partial charge in [-0.15, -0.1) is 0 Å². The number of hydrogen-bond donors (Lipinski definition) is 2. The van der Waals surface area contributed by atoms with E-state index in [9.17, 15) is 13.2 Å². The monoisotopic (exact) mass is 501 g/mol. The second kappa shape index (κ2) is 7.97. The van der Waals surface area contributed by atoms with Gasteiger partial charge in [0.1, 0.15) is 6.33 Å². The van der Waals surface area contributed by atoms with E-state index in [4.69, 9.17) is 5.41 Å². The zero-order chi connectivity index (χ0) is 25.2. The number of nitrogens with one attached hydrogen (secondary N) is 2. The molecule has 0 saturated carbocycles. The van der Waals surface area contributed by atoms with Crippen LogP contribution in [0.5, 0.6) is 0 Å². The van der Waals surface area contributed by atoms with Crippen LogP contribution in [0.2, 0.25) is 0 Å². The normalized spacial score (nSPS) is 18.2. The molecule has 184 valence electrons. The van der Waals surface area contributed by atoms with Crippen molar-refractivity contribution in [3.8, 4) is 0 Å². The smallest absolute Gasteiger partial charge is 0.308 e. The molecule has 0 radical (unpaired) electrons. The number of carbonyl (C=O) groups is 1. The quantitative estimate of drug-likeness (QED) is 0.408. The van der Waals surface area contributed by atoms with Crippen LogP contribution in [0.3, 0.4) is 0 Å². The van der Waals surface area contributed by atoms with E-state index in [0.717, 1.165) is 37.3 Å². The highest BCUT2D eigenvalue weighted by atomic mass is 32.2. The van der Waals surface area contributed by atoms with E-state index in [-0.39, 0.29) is 11.7 Å². The third-order valence-corrected chi connectivity index (χ3v) is 9.57. The Labute approximate surface area is 209 Å². The van der Waals surface area contributed by atoms with Crippen LogP contribution in [-0.2, 0) is 15.6 Å². The van der Waals surface area contributed by atoms with Crippen molar-refractivity contribution in [3.05, 3.63) is 88.6 Å². The predicted molar refractivity (Wildman–Crippen MR) is 138 cm³/mol. The average Bonchev–Trinajstić information content (AvgIpc) is 3.56. The number of hydrogen-bond acceptors (Lipinski definition) is 5. The maximum absolute atomic E-state index is 13.6. The second-order valence-electron chi connectivity index (χ2n) is 10.2. The Kier molecular flexibility index (Phi) is 5.07. The first-order chi connectivity index (χ1) is 17.2. The topological polar surface area (TPSA) is 112 Å². The van der Waals surface area contributed by atoms with Crippen molar-refractivity contribution >= 4 is 33.1 Å². The standard InChI is InChI=1S/C27H27N5O3S/c1-27(2)22-14-19(18-7-10-31(11-8-18)36(34,35)32-12-9-29-16-32)4-6-20(22)25(33)24-21-5-3-17(15-28)13-23(21)30-26(24)27/h3-6,9,12-16,18,28,30H,7-8,10-11H2,1-2H3. The molecule has 2 aromatic heterocycles. The highest BCUT2D eigenvalue weighted by Gasteiger charge is 2.40. The highest BCUT2D eigenvalue weighted by molar-refractivity contribution is 7.87. The summed E-state index contributed by atoms with van der Waals surface area (Å²) in [6, 6.07) is 11.8. The zero-order valence-corrected chi connectivity index (χ0v) is 21.0. The van der Waals surface area contributed by atoms with Gasteiger partial charge in [0.05, 0.1) is 5.56 Å². The number of aromatic nitrogens is 3. The Balaban J connectivity index is 1.32. The van der Waals surface area contributed by atoms with Crippen LogP contribution in [0, 0.1) is 5.41 Å². The van der Waals surface area contributed by atoms with Gasteiger partial charge in [-0.1, -0.05) is 44.2 Å². The molecule has 9 heteroatoms. The molecular formula is C27H27N5O3S. The van der Waals surface area contributed by atoms with Gasteiger partial charge in [-0.2, -0.15) is 12.7 Å². The lowest BCUT2D eigenvalue weighted by atomic mass is 9.70. The lowest BCUT2D eigenvalue weighted by Gasteiger charge is -2.35. The van der Waals surface area contributed by atoms with E-state index in [1.165, 1.54) is 29.2 Å². The van der Waals surface area contributed by atoms with Crippen molar-refractivity contribution in [2.75, 3.05) is 13.1 Å². The SMILES string of the molecule is CC1(C)c2cc(C3CCN(S(=O)(=O)n4ccnc4)CC3)ccc2C(=O)c2c1[nH]c1cc(C=N)ccc21. The van der Waals surface area contributed by atoms with Gasteiger partial charge < -0.3 is 10.4 Å². The minimum Gasteiger partial charge on any atom is -0.357 e. The van der Waals surface area contributed by atoms with Gasteiger partial charge in [-0.25, -0.2) is 8.96 Å². The van der Waals surface area contributed by atoms with Crippen LogP contribution in [0.25, 0.3) is 10.9 Å². The van der Waals surface area contributed by atoms with Crippen molar-refractivity contribution in [3.63, 3.8) is 0 Å². The van der Waals surface area contributed by atoms with Gasteiger partial charge in [0.2, 0.25) is 0 Å². The van der Waals surface area contributed by atoms with E-state index in [0.29, 0.717) is 37.1 Å². The molecule has 8 nitrogen and oxygen atoms in total. The Bertz CT molecular complexity index is 1630. The first-order valence-electron chi connectivity index (χ1n) is 12.1. The van der Waals surface area contributed by atoms with Crippen molar-refractivity contribution in [2.45, 2.75) is 38.0 Å². The summed E-state index contributed by atoms with van der Waals surface area (Å²) in [6.07, 6.45) is 6.96. The van der Waals surface area contributed by atoms with Crippen LogP contribution < -0.4 is 0 Å². The van der Waals surface area contributed by atoms with Crippen molar-refractivity contribution in [1.82, 2.24) is 18.2 Å². The molecule has 2 aromatic carbocycles. The van der Waals surface area contributed by atoms with Gasteiger partial charge in [0, 0.05) is 59.3 Å². The van der Waals surface area contributed by atoms with Gasteiger partial charge in [0.25, 0.3) is 0 Å². The number of imidazole rings is 1. The molecule has 1 aliphatic carbocycles. The van der Waals surface area contributed by atoms with Crippen LogP contribution in [-0.4, -0.2) is 51.8 Å². The van der Waals surface area contributed by atoms with E-state index in [2.05, 4.69) is 29.9 Å². The third-order valence-electron chi connectivity index (χ3n) is 7.80. The molecule has 4 aromatic rings. The number of rotatable bonds is 4. The molecule has 2 N–H and O–H groups in total.